The van der Waals surface area contributed by atoms with Crippen molar-refractivity contribution in [3.8, 4) is 5.75 Å². The molecule has 0 unspecified atom stereocenters. The predicted molar refractivity (Wildman–Crippen MR) is 70.2 cm³/mol. The molecule has 18 heavy (non-hydrogen) atoms. The van der Waals surface area contributed by atoms with Gasteiger partial charge in [-0.3, -0.25) is 0 Å². The van der Waals surface area contributed by atoms with Crippen molar-refractivity contribution in [3.05, 3.63) is 24.3 Å². The lowest BCUT2D eigenvalue weighted by molar-refractivity contribution is 0.378. The molecule has 0 atom stereocenters. The Morgan fingerprint density at radius 1 is 1.11 bits per heavy atom. The lowest BCUT2D eigenvalue weighted by Crippen LogP contribution is -2.47. The molecule has 2 rings (SSSR count). The van der Waals surface area contributed by atoms with Gasteiger partial charge in [0.2, 0.25) is 0 Å². The molecule has 0 bridgehead atoms. The van der Waals surface area contributed by atoms with E-state index in [4.69, 9.17) is 5.73 Å². The van der Waals surface area contributed by atoms with E-state index < -0.39 is 14.6 Å². The Morgan fingerprint density at radius 2 is 1.67 bits per heavy atom. The van der Waals surface area contributed by atoms with Gasteiger partial charge in [0.1, 0.15) is 5.75 Å². The molecule has 0 amide bonds. The van der Waals surface area contributed by atoms with Crippen LogP contribution in [-0.4, -0.2) is 24.8 Å². The van der Waals surface area contributed by atoms with Crippen LogP contribution in [0.25, 0.3) is 0 Å². The molecule has 1 aromatic rings. The van der Waals surface area contributed by atoms with Crippen molar-refractivity contribution in [2.45, 2.75) is 41.7 Å². The zero-order valence-corrected chi connectivity index (χ0v) is 11.1. The molecule has 1 saturated carbocycles. The van der Waals surface area contributed by atoms with Crippen LogP contribution in [0.2, 0.25) is 0 Å². The Labute approximate surface area is 108 Å². The summed E-state index contributed by atoms with van der Waals surface area (Å²) in [5, 5.41) is 9.23. The van der Waals surface area contributed by atoms with Crippen LogP contribution in [0.5, 0.6) is 5.75 Å². The van der Waals surface area contributed by atoms with E-state index in [9.17, 15) is 13.5 Å². The molecule has 0 radical (unpaired) electrons. The van der Waals surface area contributed by atoms with Crippen molar-refractivity contribution in [2.75, 3.05) is 6.54 Å². The number of phenolic OH excluding ortho intramolecular Hbond substituents is 1. The van der Waals surface area contributed by atoms with Crippen molar-refractivity contribution >= 4 is 9.84 Å². The second-order valence-electron chi connectivity index (χ2n) is 4.95. The topological polar surface area (TPSA) is 80.4 Å². The van der Waals surface area contributed by atoms with Crippen molar-refractivity contribution in [2.24, 2.45) is 5.73 Å². The van der Waals surface area contributed by atoms with Crippen molar-refractivity contribution in [1.82, 2.24) is 0 Å². The fraction of sp³-hybridized carbons (Fsp3) is 0.538. The van der Waals surface area contributed by atoms with Gasteiger partial charge in [-0.2, -0.15) is 0 Å². The van der Waals surface area contributed by atoms with Crippen molar-refractivity contribution in [1.29, 1.82) is 0 Å². The van der Waals surface area contributed by atoms with E-state index in [0.29, 0.717) is 12.8 Å². The summed E-state index contributed by atoms with van der Waals surface area (Å²) in [5.41, 5.74) is 5.76. The van der Waals surface area contributed by atoms with Crippen LogP contribution in [0.3, 0.4) is 0 Å². The zero-order valence-electron chi connectivity index (χ0n) is 10.3. The minimum absolute atomic E-state index is 0.0689. The van der Waals surface area contributed by atoms with E-state index in [2.05, 4.69) is 0 Å². The smallest absolute Gasteiger partial charge is 0.185 e. The first-order chi connectivity index (χ1) is 8.52. The van der Waals surface area contributed by atoms with Gasteiger partial charge in [-0.15, -0.1) is 0 Å². The van der Waals surface area contributed by atoms with Gasteiger partial charge in [0, 0.05) is 6.54 Å². The number of hydrogen-bond donors (Lipinski definition) is 2. The summed E-state index contributed by atoms with van der Waals surface area (Å²) in [7, 11) is -3.43. The van der Waals surface area contributed by atoms with Gasteiger partial charge in [0.05, 0.1) is 9.64 Å². The SMILES string of the molecule is NCC1(S(=O)(=O)c2ccc(O)cc2)CCCCC1. The highest BCUT2D eigenvalue weighted by atomic mass is 32.2. The van der Waals surface area contributed by atoms with Crippen molar-refractivity contribution in [3.63, 3.8) is 0 Å². The first-order valence-electron chi connectivity index (χ1n) is 6.26. The fourth-order valence-corrected chi connectivity index (χ4v) is 4.69. The molecule has 1 fully saturated rings. The average molecular weight is 269 g/mol. The first kappa shape index (κ1) is 13.4. The van der Waals surface area contributed by atoms with Gasteiger partial charge < -0.3 is 10.8 Å². The van der Waals surface area contributed by atoms with E-state index in [1.54, 1.807) is 0 Å². The summed E-state index contributed by atoms with van der Waals surface area (Å²) in [6.07, 6.45) is 4.16. The molecule has 1 aliphatic rings. The summed E-state index contributed by atoms with van der Waals surface area (Å²) < 4.78 is 24.6. The third kappa shape index (κ3) is 2.12. The lowest BCUT2D eigenvalue weighted by Gasteiger charge is -2.35. The summed E-state index contributed by atoms with van der Waals surface area (Å²) >= 11 is 0. The van der Waals surface area contributed by atoms with Gasteiger partial charge in [-0.1, -0.05) is 19.3 Å². The van der Waals surface area contributed by atoms with Gasteiger partial charge in [-0.05, 0) is 37.1 Å². The maximum atomic E-state index is 12.7. The van der Waals surface area contributed by atoms with Crippen LogP contribution in [0.4, 0.5) is 0 Å². The molecule has 3 N–H and O–H groups in total. The van der Waals surface area contributed by atoms with Crippen LogP contribution in [0.15, 0.2) is 29.2 Å². The van der Waals surface area contributed by atoms with Crippen LogP contribution >= 0.6 is 0 Å². The summed E-state index contributed by atoms with van der Waals surface area (Å²) in [5.74, 6) is 0.0689. The number of hydrogen-bond acceptors (Lipinski definition) is 4. The Kier molecular flexibility index (Phi) is 3.64. The van der Waals surface area contributed by atoms with E-state index >= 15 is 0 Å². The summed E-state index contributed by atoms with van der Waals surface area (Å²) in [4.78, 5) is 0.257. The van der Waals surface area contributed by atoms with E-state index in [-0.39, 0.29) is 17.2 Å². The highest BCUT2D eigenvalue weighted by Crippen LogP contribution is 2.38. The number of benzene rings is 1. The third-order valence-corrected chi connectivity index (χ3v) is 6.46. The Balaban J connectivity index is 2.42. The largest absolute Gasteiger partial charge is 0.508 e. The van der Waals surface area contributed by atoms with Crippen LogP contribution in [0, 0.1) is 0 Å². The van der Waals surface area contributed by atoms with E-state index in [0.717, 1.165) is 19.3 Å². The number of phenols is 1. The first-order valence-corrected chi connectivity index (χ1v) is 7.74. The Morgan fingerprint density at radius 3 is 2.17 bits per heavy atom. The second-order valence-corrected chi connectivity index (χ2v) is 7.29. The molecule has 1 aliphatic carbocycles. The molecule has 0 aliphatic heterocycles. The van der Waals surface area contributed by atoms with Gasteiger partial charge >= 0.3 is 0 Å². The summed E-state index contributed by atoms with van der Waals surface area (Å²) in [6.45, 7) is 0.163. The molecule has 100 valence electrons. The van der Waals surface area contributed by atoms with E-state index in [1.165, 1.54) is 24.3 Å². The monoisotopic (exact) mass is 269 g/mol. The molecular formula is C13H19NO3S. The quantitative estimate of drug-likeness (QED) is 0.877. The zero-order chi connectivity index (χ0) is 13.2. The highest BCUT2D eigenvalue weighted by molar-refractivity contribution is 7.92. The van der Waals surface area contributed by atoms with Gasteiger partial charge in [0.15, 0.2) is 9.84 Å². The van der Waals surface area contributed by atoms with Gasteiger partial charge in [-0.25, -0.2) is 8.42 Å². The molecule has 0 aromatic heterocycles. The average Bonchev–Trinajstić information content (AvgIpc) is 2.40. The molecule has 0 saturated heterocycles. The van der Waals surface area contributed by atoms with Crippen LogP contribution in [-0.2, 0) is 9.84 Å². The number of nitrogens with two attached hydrogens (primary N) is 1. The minimum Gasteiger partial charge on any atom is -0.508 e. The Bertz CT molecular complexity index is 502. The van der Waals surface area contributed by atoms with Crippen LogP contribution in [0.1, 0.15) is 32.1 Å². The standard InChI is InChI=1S/C13H19NO3S/c14-10-13(8-2-1-3-9-13)18(16,17)12-6-4-11(15)5-7-12/h4-7,15H,1-3,8-10,14H2. The molecule has 4 nitrogen and oxygen atoms in total. The van der Waals surface area contributed by atoms with Crippen LogP contribution < -0.4 is 5.73 Å². The highest BCUT2D eigenvalue weighted by Gasteiger charge is 2.44. The minimum atomic E-state index is -3.43. The second kappa shape index (κ2) is 4.90. The molecular weight excluding hydrogens is 250 g/mol. The lowest BCUT2D eigenvalue weighted by atomic mass is 9.88. The maximum absolute atomic E-state index is 12.7. The predicted octanol–water partition coefficient (Wildman–Crippen LogP) is 1.83. The molecule has 5 heteroatoms. The fourth-order valence-electron chi connectivity index (χ4n) is 2.65. The summed E-state index contributed by atoms with van der Waals surface area (Å²) in [6, 6.07) is 5.72. The normalized spacial score (nSPS) is 19.6. The molecule has 0 heterocycles. The Hall–Kier alpha value is -1.07. The van der Waals surface area contributed by atoms with Crippen molar-refractivity contribution < 1.29 is 13.5 Å². The third-order valence-electron chi connectivity index (χ3n) is 3.85. The van der Waals surface area contributed by atoms with Gasteiger partial charge in [0.25, 0.3) is 0 Å². The maximum Gasteiger partial charge on any atom is 0.185 e. The number of sulfone groups is 1. The molecule has 1 aromatic carbocycles. The molecule has 0 spiro atoms. The number of aromatic hydroxyl groups is 1. The number of rotatable bonds is 3. The van der Waals surface area contributed by atoms with E-state index in [1.807, 2.05) is 0 Å².